The van der Waals surface area contributed by atoms with Gasteiger partial charge in [0.2, 0.25) is 5.91 Å². The van der Waals surface area contributed by atoms with Crippen molar-refractivity contribution >= 4 is 68.4 Å². The van der Waals surface area contributed by atoms with Gasteiger partial charge >= 0.3 is 0 Å². The summed E-state index contributed by atoms with van der Waals surface area (Å²) in [7, 11) is 0. The third-order valence-corrected chi connectivity index (χ3v) is 7.82. The number of rotatable bonds is 10. The molecule has 0 bridgehead atoms. The Hall–Kier alpha value is -2.33. The lowest BCUT2D eigenvalue weighted by molar-refractivity contribution is -0.113. The number of nitrogens with zero attached hydrogens (tertiary/aromatic N) is 3. The Kier molecular flexibility index (Phi) is 10.2. The van der Waals surface area contributed by atoms with Gasteiger partial charge in [0, 0.05) is 16.0 Å². The van der Waals surface area contributed by atoms with Crippen LogP contribution in [0.3, 0.4) is 0 Å². The van der Waals surface area contributed by atoms with Gasteiger partial charge in [-0.25, -0.2) is 0 Å². The first kappa shape index (κ1) is 29.2. The van der Waals surface area contributed by atoms with Crippen LogP contribution in [0, 0.1) is 19.8 Å². The van der Waals surface area contributed by atoms with Crippen molar-refractivity contribution in [2.75, 3.05) is 11.1 Å². The summed E-state index contributed by atoms with van der Waals surface area (Å²) in [6, 6.07) is 8.18. The number of allylic oxidation sites excluding steroid dienone is 1. The Morgan fingerprint density at radius 3 is 2.51 bits per heavy atom. The first-order chi connectivity index (χ1) is 17.5. The molecule has 0 unspecified atom stereocenters. The minimum Gasteiger partial charge on any atom is -0.342 e. The first-order valence-corrected chi connectivity index (χ1v) is 14.0. The zero-order chi connectivity index (χ0) is 27.3. The highest BCUT2D eigenvalue weighted by atomic mass is 79.9. The summed E-state index contributed by atoms with van der Waals surface area (Å²) in [4.78, 5) is 25.7. The van der Waals surface area contributed by atoms with Crippen LogP contribution in [0.4, 0.5) is 5.69 Å². The topological polar surface area (TPSA) is 88.9 Å². The molecule has 0 aliphatic heterocycles. The molecule has 0 aliphatic rings. The fraction of sp³-hybridized carbons (Fsp3) is 0.308. The molecular formula is C26H28BrCl2N5O2S. The van der Waals surface area contributed by atoms with E-state index in [0.717, 1.165) is 15.6 Å². The molecule has 2 N–H and O–H groups in total. The van der Waals surface area contributed by atoms with E-state index in [1.54, 1.807) is 18.2 Å². The highest BCUT2D eigenvalue weighted by Crippen LogP contribution is 2.29. The molecular weight excluding hydrogens is 597 g/mol. The van der Waals surface area contributed by atoms with E-state index >= 15 is 0 Å². The van der Waals surface area contributed by atoms with Crippen molar-refractivity contribution in [1.29, 1.82) is 0 Å². The largest absolute Gasteiger partial charge is 0.342 e. The second-order valence-electron chi connectivity index (χ2n) is 8.81. The molecule has 0 aliphatic carbocycles. The summed E-state index contributed by atoms with van der Waals surface area (Å²) in [5.74, 6) is 0.170. The number of carbonyl (C=O) groups is 2. The van der Waals surface area contributed by atoms with Gasteiger partial charge in [-0.15, -0.1) is 16.8 Å². The van der Waals surface area contributed by atoms with Gasteiger partial charge in [-0.2, -0.15) is 0 Å². The number of halogens is 3. The number of benzene rings is 2. The fourth-order valence-electron chi connectivity index (χ4n) is 3.55. The molecule has 3 rings (SSSR count). The van der Waals surface area contributed by atoms with Gasteiger partial charge < -0.3 is 15.2 Å². The maximum Gasteiger partial charge on any atom is 0.253 e. The van der Waals surface area contributed by atoms with Crippen LogP contribution in [-0.4, -0.2) is 32.3 Å². The van der Waals surface area contributed by atoms with Crippen LogP contribution < -0.4 is 10.6 Å². The van der Waals surface area contributed by atoms with Gasteiger partial charge in [-0.05, 0) is 77.2 Å². The number of thioether (sulfide) groups is 1. The molecule has 7 nitrogen and oxygen atoms in total. The summed E-state index contributed by atoms with van der Waals surface area (Å²) in [6.45, 7) is 12.2. The average Bonchev–Trinajstić information content (AvgIpc) is 3.21. The Morgan fingerprint density at radius 2 is 1.86 bits per heavy atom. The second-order valence-corrected chi connectivity index (χ2v) is 11.5. The van der Waals surface area contributed by atoms with E-state index in [4.69, 9.17) is 23.2 Å². The van der Waals surface area contributed by atoms with Gasteiger partial charge in [-0.1, -0.05) is 54.9 Å². The summed E-state index contributed by atoms with van der Waals surface area (Å²) >= 11 is 17.0. The number of amides is 2. The molecule has 0 radical (unpaired) electrons. The van der Waals surface area contributed by atoms with E-state index in [0.29, 0.717) is 33.8 Å². The maximum absolute atomic E-state index is 13.0. The van der Waals surface area contributed by atoms with E-state index in [2.05, 4.69) is 43.3 Å². The number of aromatic nitrogens is 3. The van der Waals surface area contributed by atoms with Crippen LogP contribution >= 0.6 is 50.9 Å². The van der Waals surface area contributed by atoms with E-state index in [-0.39, 0.29) is 28.5 Å². The number of hydrogen-bond donors (Lipinski definition) is 2. The van der Waals surface area contributed by atoms with Gasteiger partial charge in [0.25, 0.3) is 5.91 Å². The maximum atomic E-state index is 13.0. The number of hydrogen-bond acceptors (Lipinski definition) is 5. The third kappa shape index (κ3) is 7.37. The van der Waals surface area contributed by atoms with Crippen molar-refractivity contribution < 1.29 is 9.59 Å². The van der Waals surface area contributed by atoms with Gasteiger partial charge in [0.05, 0.1) is 28.1 Å². The number of nitrogens with one attached hydrogen (secondary N) is 2. The van der Waals surface area contributed by atoms with Gasteiger partial charge in [0.15, 0.2) is 11.0 Å². The molecule has 0 fully saturated rings. The van der Waals surface area contributed by atoms with Crippen LogP contribution in [0.1, 0.15) is 47.2 Å². The number of carbonyl (C=O) groups excluding carboxylic acids is 2. The SMILES string of the molecule is C=CCn1c(SCC(=O)Nc2cc(C)c(C)cc2Br)nnc1[C@H](NC(=O)c1ccc(Cl)cc1Cl)C(C)C. The van der Waals surface area contributed by atoms with Crippen LogP contribution in [0.5, 0.6) is 0 Å². The Morgan fingerprint density at radius 1 is 1.16 bits per heavy atom. The molecule has 196 valence electrons. The van der Waals surface area contributed by atoms with Crippen molar-refractivity contribution in [3.8, 4) is 0 Å². The molecule has 2 aromatic carbocycles. The monoisotopic (exact) mass is 623 g/mol. The van der Waals surface area contributed by atoms with E-state index in [1.165, 1.54) is 17.8 Å². The normalized spacial score (nSPS) is 11.9. The van der Waals surface area contributed by atoms with Crippen LogP contribution in [-0.2, 0) is 11.3 Å². The van der Waals surface area contributed by atoms with Crippen LogP contribution in [0.2, 0.25) is 10.0 Å². The van der Waals surface area contributed by atoms with Crippen molar-refractivity contribution in [3.63, 3.8) is 0 Å². The quantitative estimate of drug-likeness (QED) is 0.187. The minimum absolute atomic E-state index is 0.00827. The smallest absolute Gasteiger partial charge is 0.253 e. The molecule has 1 atom stereocenters. The first-order valence-electron chi connectivity index (χ1n) is 11.5. The van der Waals surface area contributed by atoms with E-state index in [9.17, 15) is 9.59 Å². The predicted octanol–water partition coefficient (Wildman–Crippen LogP) is 7.01. The van der Waals surface area contributed by atoms with E-state index in [1.807, 2.05) is 44.4 Å². The minimum atomic E-state index is -0.457. The highest BCUT2D eigenvalue weighted by molar-refractivity contribution is 9.10. The van der Waals surface area contributed by atoms with Gasteiger partial charge in [-0.3, -0.25) is 9.59 Å². The molecule has 0 saturated carbocycles. The lowest BCUT2D eigenvalue weighted by Gasteiger charge is -2.23. The summed E-state index contributed by atoms with van der Waals surface area (Å²) < 4.78 is 2.67. The molecule has 1 heterocycles. The summed E-state index contributed by atoms with van der Waals surface area (Å²) in [5.41, 5.74) is 3.25. The molecule has 0 saturated heterocycles. The second kappa shape index (κ2) is 13.0. The molecule has 3 aromatic rings. The molecule has 2 amide bonds. The number of aryl methyl sites for hydroxylation is 2. The Bertz CT molecular complexity index is 1330. The predicted molar refractivity (Wildman–Crippen MR) is 155 cm³/mol. The number of anilines is 1. The highest BCUT2D eigenvalue weighted by Gasteiger charge is 2.27. The van der Waals surface area contributed by atoms with Crippen molar-refractivity contribution in [2.24, 2.45) is 5.92 Å². The Labute approximate surface area is 239 Å². The molecule has 0 spiro atoms. The zero-order valence-corrected chi connectivity index (χ0v) is 24.9. The van der Waals surface area contributed by atoms with Gasteiger partial charge in [0.1, 0.15) is 0 Å². The summed E-state index contributed by atoms with van der Waals surface area (Å²) in [5, 5.41) is 15.9. The van der Waals surface area contributed by atoms with E-state index < -0.39 is 6.04 Å². The fourth-order valence-corrected chi connectivity index (χ4v) is 5.36. The Balaban J connectivity index is 1.78. The van der Waals surface area contributed by atoms with Crippen LogP contribution in [0.25, 0.3) is 0 Å². The van der Waals surface area contributed by atoms with Crippen molar-refractivity contribution in [3.05, 3.63) is 80.0 Å². The molecule has 37 heavy (non-hydrogen) atoms. The summed E-state index contributed by atoms with van der Waals surface area (Å²) in [6.07, 6.45) is 1.72. The molecule has 11 heteroatoms. The van der Waals surface area contributed by atoms with Crippen LogP contribution in [0.15, 0.2) is 52.6 Å². The van der Waals surface area contributed by atoms with Crippen molar-refractivity contribution in [1.82, 2.24) is 20.1 Å². The average molecular weight is 625 g/mol. The lowest BCUT2D eigenvalue weighted by atomic mass is 10.0. The molecule has 1 aromatic heterocycles. The third-order valence-electron chi connectivity index (χ3n) is 5.65. The lowest BCUT2D eigenvalue weighted by Crippen LogP contribution is -2.34. The zero-order valence-electron chi connectivity index (χ0n) is 20.9. The van der Waals surface area contributed by atoms with Crippen molar-refractivity contribution in [2.45, 2.75) is 45.4 Å². The standard InChI is InChI=1S/C26H28BrCl2N5O2S/c1-6-9-34-24(23(14(2)3)31-25(36)18-8-7-17(28)12-20(18)29)32-33-26(34)37-13-22(35)30-21-11-16(5)15(4)10-19(21)27/h6-8,10-12,14,23H,1,9,13H2,2-5H3,(H,30,35)(H,31,36)/t23-/m1/s1.